The summed E-state index contributed by atoms with van der Waals surface area (Å²) in [6.07, 6.45) is 9.96. The molecule has 2 aliphatic rings. The van der Waals surface area contributed by atoms with Crippen LogP contribution in [0.25, 0.3) is 0 Å². The maximum absolute atomic E-state index is 10.2. The molecule has 0 bridgehead atoms. The molecule has 72 valence electrons. The molecular formula is C10H20OS. The summed E-state index contributed by atoms with van der Waals surface area (Å²) < 4.78 is 0. The SMILES string of the molecule is OC1(C2CCCC2)CCCC1.S. The van der Waals surface area contributed by atoms with Gasteiger partial charge in [0.05, 0.1) is 5.60 Å². The minimum absolute atomic E-state index is 0. The highest BCUT2D eigenvalue weighted by Crippen LogP contribution is 2.43. The number of aliphatic hydroxyl groups is 1. The van der Waals surface area contributed by atoms with Gasteiger partial charge in [0.1, 0.15) is 0 Å². The Kier molecular flexibility index (Phi) is 3.47. The van der Waals surface area contributed by atoms with Crippen molar-refractivity contribution in [3.05, 3.63) is 0 Å². The van der Waals surface area contributed by atoms with Crippen LogP contribution in [0.15, 0.2) is 0 Å². The molecule has 2 heteroatoms. The largest absolute Gasteiger partial charge is 0.390 e. The molecule has 0 saturated heterocycles. The van der Waals surface area contributed by atoms with Crippen molar-refractivity contribution >= 4 is 13.5 Å². The van der Waals surface area contributed by atoms with E-state index in [1.165, 1.54) is 38.5 Å². The molecule has 0 amide bonds. The topological polar surface area (TPSA) is 20.2 Å². The highest BCUT2D eigenvalue weighted by atomic mass is 32.1. The first-order valence-electron chi connectivity index (χ1n) is 5.04. The van der Waals surface area contributed by atoms with E-state index in [1.54, 1.807) is 0 Å². The van der Waals surface area contributed by atoms with Gasteiger partial charge in [-0.2, -0.15) is 13.5 Å². The number of hydrogen-bond acceptors (Lipinski definition) is 1. The van der Waals surface area contributed by atoms with Crippen LogP contribution in [-0.4, -0.2) is 10.7 Å². The van der Waals surface area contributed by atoms with Crippen LogP contribution in [0.1, 0.15) is 51.4 Å². The maximum atomic E-state index is 10.2. The molecule has 0 aromatic carbocycles. The molecule has 2 fully saturated rings. The van der Waals surface area contributed by atoms with Crippen molar-refractivity contribution in [1.82, 2.24) is 0 Å². The Morgan fingerprint density at radius 3 is 1.92 bits per heavy atom. The van der Waals surface area contributed by atoms with E-state index < -0.39 is 0 Å². The Labute approximate surface area is 82.0 Å². The van der Waals surface area contributed by atoms with Crippen molar-refractivity contribution in [3.63, 3.8) is 0 Å². The first kappa shape index (κ1) is 10.4. The van der Waals surface area contributed by atoms with E-state index in [-0.39, 0.29) is 19.1 Å². The van der Waals surface area contributed by atoms with E-state index in [9.17, 15) is 5.11 Å². The third-order valence-corrected chi connectivity index (χ3v) is 3.58. The van der Waals surface area contributed by atoms with Crippen LogP contribution in [0.2, 0.25) is 0 Å². The monoisotopic (exact) mass is 188 g/mol. The van der Waals surface area contributed by atoms with Crippen molar-refractivity contribution in [3.8, 4) is 0 Å². The zero-order valence-electron chi connectivity index (χ0n) is 7.68. The molecule has 12 heavy (non-hydrogen) atoms. The lowest BCUT2D eigenvalue weighted by atomic mass is 9.85. The van der Waals surface area contributed by atoms with Crippen molar-refractivity contribution in [2.24, 2.45) is 5.92 Å². The lowest BCUT2D eigenvalue weighted by Crippen LogP contribution is -2.32. The Morgan fingerprint density at radius 2 is 1.42 bits per heavy atom. The van der Waals surface area contributed by atoms with E-state index in [2.05, 4.69) is 0 Å². The van der Waals surface area contributed by atoms with Crippen LogP contribution in [0.4, 0.5) is 0 Å². The van der Waals surface area contributed by atoms with Gasteiger partial charge in [0.2, 0.25) is 0 Å². The zero-order chi connectivity index (χ0) is 7.73. The molecular weight excluding hydrogens is 168 g/mol. The van der Waals surface area contributed by atoms with Gasteiger partial charge in [0.25, 0.3) is 0 Å². The van der Waals surface area contributed by atoms with Gasteiger partial charge < -0.3 is 5.11 Å². The second-order valence-corrected chi connectivity index (χ2v) is 4.29. The fraction of sp³-hybridized carbons (Fsp3) is 1.00. The summed E-state index contributed by atoms with van der Waals surface area (Å²) in [5.74, 6) is 0.657. The minimum Gasteiger partial charge on any atom is -0.390 e. The molecule has 2 rings (SSSR count). The average Bonchev–Trinajstić information content (AvgIpc) is 2.55. The molecule has 1 nitrogen and oxygen atoms in total. The van der Waals surface area contributed by atoms with Crippen LogP contribution in [0.3, 0.4) is 0 Å². The zero-order valence-corrected chi connectivity index (χ0v) is 8.68. The van der Waals surface area contributed by atoms with Gasteiger partial charge >= 0.3 is 0 Å². The lowest BCUT2D eigenvalue weighted by Gasteiger charge is -2.29. The molecule has 0 heterocycles. The minimum atomic E-state index is -0.226. The summed E-state index contributed by atoms with van der Waals surface area (Å²) in [6.45, 7) is 0. The van der Waals surface area contributed by atoms with Crippen LogP contribution < -0.4 is 0 Å². The Morgan fingerprint density at radius 1 is 0.917 bits per heavy atom. The Hall–Kier alpha value is 0.310. The molecule has 0 aromatic rings. The molecule has 1 N–H and O–H groups in total. The highest BCUT2D eigenvalue weighted by molar-refractivity contribution is 7.59. The molecule has 0 spiro atoms. The molecule has 0 aromatic heterocycles. The highest BCUT2D eigenvalue weighted by Gasteiger charge is 2.40. The number of rotatable bonds is 1. The van der Waals surface area contributed by atoms with Crippen molar-refractivity contribution in [2.45, 2.75) is 57.0 Å². The van der Waals surface area contributed by atoms with Crippen LogP contribution >= 0.6 is 13.5 Å². The quantitative estimate of drug-likeness (QED) is 0.670. The third kappa shape index (κ3) is 1.80. The van der Waals surface area contributed by atoms with Gasteiger partial charge in [0, 0.05) is 0 Å². The maximum Gasteiger partial charge on any atom is 0.0675 e. The summed E-state index contributed by atoms with van der Waals surface area (Å²) in [6, 6.07) is 0. The summed E-state index contributed by atoms with van der Waals surface area (Å²) in [5.41, 5.74) is -0.226. The van der Waals surface area contributed by atoms with Gasteiger partial charge in [-0.3, -0.25) is 0 Å². The summed E-state index contributed by atoms with van der Waals surface area (Å²) >= 11 is 0. The third-order valence-electron chi connectivity index (χ3n) is 3.58. The van der Waals surface area contributed by atoms with Crippen molar-refractivity contribution in [1.29, 1.82) is 0 Å². The lowest BCUT2D eigenvalue weighted by molar-refractivity contribution is -0.00963. The molecule has 0 unspecified atom stereocenters. The van der Waals surface area contributed by atoms with E-state index in [0.717, 1.165) is 12.8 Å². The first-order chi connectivity index (χ1) is 5.31. The molecule has 2 aliphatic carbocycles. The number of hydrogen-bond donors (Lipinski definition) is 1. The van der Waals surface area contributed by atoms with Gasteiger partial charge in [-0.25, -0.2) is 0 Å². The fourth-order valence-corrected chi connectivity index (χ4v) is 2.86. The van der Waals surface area contributed by atoms with E-state index in [1.807, 2.05) is 0 Å². The van der Waals surface area contributed by atoms with Crippen LogP contribution in [0.5, 0.6) is 0 Å². The van der Waals surface area contributed by atoms with E-state index >= 15 is 0 Å². The summed E-state index contributed by atoms with van der Waals surface area (Å²) in [4.78, 5) is 0. The summed E-state index contributed by atoms with van der Waals surface area (Å²) in [5, 5.41) is 10.2. The average molecular weight is 188 g/mol. The van der Waals surface area contributed by atoms with Crippen molar-refractivity contribution < 1.29 is 5.11 Å². The van der Waals surface area contributed by atoms with Gasteiger partial charge in [-0.1, -0.05) is 25.7 Å². The smallest absolute Gasteiger partial charge is 0.0675 e. The summed E-state index contributed by atoms with van der Waals surface area (Å²) in [7, 11) is 0. The molecule has 0 aliphatic heterocycles. The fourth-order valence-electron chi connectivity index (χ4n) is 2.86. The predicted molar refractivity (Wildman–Crippen MR) is 55.8 cm³/mol. The van der Waals surface area contributed by atoms with Gasteiger partial charge in [-0.15, -0.1) is 0 Å². The Bertz CT molecular complexity index is 135. The standard InChI is InChI=1S/C10H18O.H2S/c11-10(7-3-4-8-10)9-5-1-2-6-9;/h9,11H,1-8H2;1H2. The van der Waals surface area contributed by atoms with E-state index in [0.29, 0.717) is 5.92 Å². The van der Waals surface area contributed by atoms with Crippen molar-refractivity contribution in [2.75, 3.05) is 0 Å². The normalized spacial score (nSPS) is 28.8. The van der Waals surface area contributed by atoms with Crippen LogP contribution in [-0.2, 0) is 0 Å². The van der Waals surface area contributed by atoms with Gasteiger partial charge in [0.15, 0.2) is 0 Å². The Balaban J connectivity index is 0.000000720. The molecule has 2 saturated carbocycles. The molecule has 0 radical (unpaired) electrons. The second-order valence-electron chi connectivity index (χ2n) is 4.29. The second kappa shape index (κ2) is 4.01. The first-order valence-corrected chi connectivity index (χ1v) is 5.04. The van der Waals surface area contributed by atoms with Crippen LogP contribution in [0, 0.1) is 5.92 Å². The van der Waals surface area contributed by atoms with Gasteiger partial charge in [-0.05, 0) is 31.6 Å². The predicted octanol–water partition coefficient (Wildman–Crippen LogP) is 2.59. The van der Waals surface area contributed by atoms with E-state index in [4.69, 9.17) is 0 Å². The molecule has 0 atom stereocenters.